The predicted octanol–water partition coefficient (Wildman–Crippen LogP) is 3.53. The maximum atomic E-state index is 4.61. The zero-order valence-electron chi connectivity index (χ0n) is 12.8. The Balaban J connectivity index is 1.86. The van der Waals surface area contributed by atoms with Gasteiger partial charge in [-0.25, -0.2) is 0 Å². The van der Waals surface area contributed by atoms with Gasteiger partial charge in [0.1, 0.15) is 0 Å². The minimum absolute atomic E-state index is 0.517. The first kappa shape index (κ1) is 14.6. The van der Waals surface area contributed by atoms with Crippen LogP contribution in [0, 0.1) is 5.41 Å². The first-order valence-electron chi connectivity index (χ1n) is 7.93. The van der Waals surface area contributed by atoms with Crippen molar-refractivity contribution >= 4 is 0 Å². The number of hydrogen-bond acceptors (Lipinski definition) is 2. The van der Waals surface area contributed by atoms with E-state index in [-0.39, 0.29) is 0 Å². The largest absolute Gasteiger partial charge is 0.311 e. The summed E-state index contributed by atoms with van der Waals surface area (Å²) in [5.74, 6) is 0. The third kappa shape index (κ3) is 3.82. The predicted molar refractivity (Wildman–Crippen MR) is 80.2 cm³/mol. The molecule has 0 saturated heterocycles. The van der Waals surface area contributed by atoms with E-state index < -0.39 is 0 Å². The second-order valence-corrected chi connectivity index (χ2v) is 6.27. The van der Waals surface area contributed by atoms with E-state index in [0.717, 1.165) is 26.1 Å². The van der Waals surface area contributed by atoms with Gasteiger partial charge in [0.15, 0.2) is 0 Å². The van der Waals surface area contributed by atoms with Gasteiger partial charge in [-0.2, -0.15) is 5.10 Å². The molecule has 1 heterocycles. The van der Waals surface area contributed by atoms with Gasteiger partial charge in [0.05, 0.1) is 11.4 Å². The van der Waals surface area contributed by atoms with Crippen LogP contribution in [0.2, 0.25) is 0 Å². The van der Waals surface area contributed by atoms with E-state index in [1.165, 1.54) is 43.5 Å². The monoisotopic (exact) mass is 263 g/mol. The highest BCUT2D eigenvalue weighted by Crippen LogP contribution is 2.34. The molecule has 0 amide bonds. The number of rotatable bonds is 6. The molecule has 0 unspecified atom stereocenters. The summed E-state index contributed by atoms with van der Waals surface area (Å²) < 4.78 is 2.13. The molecule has 0 bridgehead atoms. The zero-order valence-corrected chi connectivity index (χ0v) is 12.8. The topological polar surface area (TPSA) is 29.9 Å². The lowest BCUT2D eigenvalue weighted by molar-refractivity contribution is 0.207. The van der Waals surface area contributed by atoms with Crippen molar-refractivity contribution in [1.82, 2.24) is 15.1 Å². The summed E-state index contributed by atoms with van der Waals surface area (Å²) in [5.41, 5.74) is 3.06. The van der Waals surface area contributed by atoms with Crippen molar-refractivity contribution < 1.29 is 0 Å². The molecular formula is C16H29N3. The van der Waals surface area contributed by atoms with Gasteiger partial charge in [0, 0.05) is 19.6 Å². The number of aryl methyl sites for hydroxylation is 2. The van der Waals surface area contributed by atoms with Crippen molar-refractivity contribution in [2.75, 3.05) is 6.54 Å². The highest BCUT2D eigenvalue weighted by atomic mass is 15.3. The van der Waals surface area contributed by atoms with Crippen LogP contribution >= 0.6 is 0 Å². The highest BCUT2D eigenvalue weighted by Gasteiger charge is 2.26. The van der Waals surface area contributed by atoms with Crippen LogP contribution < -0.4 is 5.32 Å². The van der Waals surface area contributed by atoms with Crippen LogP contribution in [0.25, 0.3) is 0 Å². The molecular weight excluding hydrogens is 234 g/mol. The summed E-state index contributed by atoms with van der Waals surface area (Å²) in [4.78, 5) is 0. The summed E-state index contributed by atoms with van der Waals surface area (Å²) >= 11 is 0. The third-order valence-corrected chi connectivity index (χ3v) is 4.49. The molecule has 1 aliphatic rings. The lowest BCUT2D eigenvalue weighted by Gasteiger charge is -2.33. The first-order chi connectivity index (χ1) is 9.17. The molecule has 1 aromatic rings. The second kappa shape index (κ2) is 6.56. The Kier molecular flexibility index (Phi) is 5.03. The number of nitrogens with zero attached hydrogens (tertiary/aromatic N) is 2. The summed E-state index contributed by atoms with van der Waals surface area (Å²) in [6.07, 6.45) is 8.03. The first-order valence-corrected chi connectivity index (χ1v) is 7.93. The van der Waals surface area contributed by atoms with E-state index in [2.05, 4.69) is 41.9 Å². The molecule has 3 nitrogen and oxygen atoms in total. The number of aromatic nitrogens is 2. The van der Waals surface area contributed by atoms with Crippen LogP contribution in [0.5, 0.6) is 0 Å². The highest BCUT2D eigenvalue weighted by molar-refractivity contribution is 5.10. The van der Waals surface area contributed by atoms with Crippen LogP contribution in [0.3, 0.4) is 0 Å². The van der Waals surface area contributed by atoms with Crippen molar-refractivity contribution in [3.8, 4) is 0 Å². The number of nitrogens with one attached hydrogen (secondary N) is 1. The van der Waals surface area contributed by atoms with Gasteiger partial charge in [-0.05, 0) is 37.7 Å². The molecule has 3 heteroatoms. The SMILES string of the molecule is CCc1cc(CNCC2(C)CCCCC2)n(CC)n1. The van der Waals surface area contributed by atoms with Crippen LogP contribution in [-0.4, -0.2) is 16.3 Å². The van der Waals surface area contributed by atoms with E-state index in [1.54, 1.807) is 0 Å². The molecule has 1 N–H and O–H groups in total. The van der Waals surface area contributed by atoms with Crippen LogP contribution in [0.15, 0.2) is 6.07 Å². The fourth-order valence-electron chi connectivity index (χ4n) is 3.18. The maximum Gasteiger partial charge on any atom is 0.0625 e. The summed E-state index contributed by atoms with van der Waals surface area (Å²) in [6, 6.07) is 2.25. The van der Waals surface area contributed by atoms with Crippen LogP contribution in [0.1, 0.15) is 64.3 Å². The Labute approximate surface area is 117 Å². The van der Waals surface area contributed by atoms with Gasteiger partial charge in [0.25, 0.3) is 0 Å². The van der Waals surface area contributed by atoms with Gasteiger partial charge in [-0.3, -0.25) is 4.68 Å². The average molecular weight is 263 g/mol. The molecule has 0 atom stereocenters. The molecule has 0 spiro atoms. The van der Waals surface area contributed by atoms with Crippen molar-refractivity contribution in [3.05, 3.63) is 17.5 Å². The quantitative estimate of drug-likeness (QED) is 0.851. The Morgan fingerprint density at radius 3 is 2.63 bits per heavy atom. The molecule has 0 aliphatic heterocycles. The van der Waals surface area contributed by atoms with E-state index in [9.17, 15) is 0 Å². The smallest absolute Gasteiger partial charge is 0.0625 e. The maximum absolute atomic E-state index is 4.61. The average Bonchev–Trinajstić information content (AvgIpc) is 2.82. The molecule has 108 valence electrons. The summed E-state index contributed by atoms with van der Waals surface area (Å²) in [5, 5.41) is 8.27. The summed E-state index contributed by atoms with van der Waals surface area (Å²) in [7, 11) is 0. The molecule has 1 saturated carbocycles. The Hall–Kier alpha value is -0.830. The lowest BCUT2D eigenvalue weighted by atomic mass is 9.76. The van der Waals surface area contributed by atoms with Crippen molar-refractivity contribution in [2.45, 2.75) is 72.4 Å². The zero-order chi connectivity index (χ0) is 13.7. The minimum Gasteiger partial charge on any atom is -0.311 e. The molecule has 2 rings (SSSR count). The normalized spacial score (nSPS) is 18.7. The van der Waals surface area contributed by atoms with Crippen LogP contribution in [0.4, 0.5) is 0 Å². The van der Waals surface area contributed by atoms with Gasteiger partial charge in [0.2, 0.25) is 0 Å². The molecule has 1 fully saturated rings. The molecule has 1 aromatic heterocycles. The van der Waals surface area contributed by atoms with Gasteiger partial charge < -0.3 is 5.32 Å². The van der Waals surface area contributed by atoms with E-state index >= 15 is 0 Å². The fraction of sp³-hybridized carbons (Fsp3) is 0.812. The minimum atomic E-state index is 0.517. The third-order valence-electron chi connectivity index (χ3n) is 4.49. The molecule has 1 aliphatic carbocycles. The Bertz CT molecular complexity index is 389. The Morgan fingerprint density at radius 1 is 1.26 bits per heavy atom. The fourth-order valence-corrected chi connectivity index (χ4v) is 3.18. The van der Waals surface area contributed by atoms with Gasteiger partial charge in [-0.1, -0.05) is 33.1 Å². The molecule has 0 aromatic carbocycles. The lowest BCUT2D eigenvalue weighted by Crippen LogP contribution is -2.33. The second-order valence-electron chi connectivity index (χ2n) is 6.27. The van der Waals surface area contributed by atoms with Crippen LogP contribution in [-0.2, 0) is 19.5 Å². The van der Waals surface area contributed by atoms with Crippen molar-refractivity contribution in [2.24, 2.45) is 5.41 Å². The van der Waals surface area contributed by atoms with Crippen molar-refractivity contribution in [3.63, 3.8) is 0 Å². The summed E-state index contributed by atoms with van der Waals surface area (Å²) in [6.45, 7) is 9.84. The van der Waals surface area contributed by atoms with Gasteiger partial charge >= 0.3 is 0 Å². The van der Waals surface area contributed by atoms with E-state index in [0.29, 0.717) is 5.41 Å². The Morgan fingerprint density at radius 2 is 2.00 bits per heavy atom. The van der Waals surface area contributed by atoms with Crippen molar-refractivity contribution in [1.29, 1.82) is 0 Å². The van der Waals surface area contributed by atoms with E-state index in [1.807, 2.05) is 0 Å². The van der Waals surface area contributed by atoms with E-state index in [4.69, 9.17) is 0 Å². The standard InChI is InChI=1S/C16H29N3/c1-4-14-11-15(19(5-2)18-14)12-17-13-16(3)9-7-6-8-10-16/h11,17H,4-10,12-13H2,1-3H3. The van der Waals surface area contributed by atoms with Gasteiger partial charge in [-0.15, -0.1) is 0 Å². The molecule has 19 heavy (non-hydrogen) atoms. The molecule has 0 radical (unpaired) electrons. The number of hydrogen-bond donors (Lipinski definition) is 1.